The number of benzene rings is 1. The maximum atomic E-state index is 4.50. The molecule has 1 aromatic carbocycles. The van der Waals surface area contributed by atoms with E-state index in [2.05, 4.69) is 70.4 Å². The lowest BCUT2D eigenvalue weighted by molar-refractivity contribution is 0.440. The topological polar surface area (TPSA) is 40.5 Å². The molecular weight excluding hydrogens is 328 g/mol. The number of hydrogen-bond acceptors (Lipinski definition) is 3. The first-order chi connectivity index (χ1) is 12.2. The highest BCUT2D eigenvalue weighted by molar-refractivity contribution is 7.11. The fourth-order valence-electron chi connectivity index (χ4n) is 3.20. The smallest absolute Gasteiger partial charge is 0.193 e. The lowest BCUT2D eigenvalue weighted by Crippen LogP contribution is -2.44. The molecule has 0 saturated carbocycles. The molecule has 1 aliphatic heterocycles. The summed E-state index contributed by atoms with van der Waals surface area (Å²) in [4.78, 5) is 12.6. The van der Waals surface area contributed by atoms with Crippen molar-refractivity contribution in [1.82, 2.24) is 15.2 Å². The molecule has 5 heteroatoms. The first-order valence-electron chi connectivity index (χ1n) is 8.80. The van der Waals surface area contributed by atoms with E-state index in [1.165, 1.54) is 16.0 Å². The summed E-state index contributed by atoms with van der Waals surface area (Å²) in [5.74, 6) is 0.988. The van der Waals surface area contributed by atoms with Crippen LogP contribution in [0.15, 0.2) is 41.4 Å². The number of nitrogens with zero attached hydrogens (tertiary/aromatic N) is 3. The molecule has 2 heterocycles. The Hall–Kier alpha value is -2.14. The van der Waals surface area contributed by atoms with E-state index in [0.717, 1.165) is 49.1 Å². The zero-order valence-corrected chi connectivity index (χ0v) is 16.1. The number of aromatic nitrogens is 1. The maximum absolute atomic E-state index is 4.50. The molecule has 132 valence electrons. The zero-order valence-electron chi connectivity index (χ0n) is 15.2. The van der Waals surface area contributed by atoms with Crippen LogP contribution in [0.2, 0.25) is 0 Å². The average molecular weight is 355 g/mol. The molecule has 0 unspecified atom stereocenters. The minimum atomic E-state index is 0.890. The van der Waals surface area contributed by atoms with Gasteiger partial charge in [0.2, 0.25) is 0 Å². The van der Waals surface area contributed by atoms with Crippen molar-refractivity contribution in [2.45, 2.75) is 26.7 Å². The van der Waals surface area contributed by atoms with Gasteiger partial charge in [0.1, 0.15) is 0 Å². The van der Waals surface area contributed by atoms with Crippen LogP contribution in [0.3, 0.4) is 0 Å². The van der Waals surface area contributed by atoms with Crippen molar-refractivity contribution >= 4 is 22.9 Å². The molecule has 4 nitrogen and oxygen atoms in total. The average Bonchev–Trinajstić information content (AvgIpc) is 2.97. The standard InChI is InChI=1S/C20H26N4S/c1-15-19(25-16(2)23-15)9-12-22-20(21-3)24-13-10-18(11-14-24)17-7-5-4-6-8-17/h4-8,10H,9,11-14H2,1-3H3,(H,21,22). The molecule has 0 saturated heterocycles. The Kier molecular flexibility index (Phi) is 5.87. The summed E-state index contributed by atoms with van der Waals surface area (Å²) in [6.07, 6.45) is 4.37. The Morgan fingerprint density at radius 1 is 1.28 bits per heavy atom. The molecule has 0 spiro atoms. The second-order valence-corrected chi connectivity index (χ2v) is 7.54. The van der Waals surface area contributed by atoms with Gasteiger partial charge in [0.25, 0.3) is 0 Å². The minimum Gasteiger partial charge on any atom is -0.356 e. The fraction of sp³-hybridized carbons (Fsp3) is 0.400. The van der Waals surface area contributed by atoms with E-state index in [0.29, 0.717) is 0 Å². The molecule has 0 aliphatic carbocycles. The SMILES string of the molecule is CN=C(NCCc1sc(C)nc1C)N1CC=C(c2ccccc2)CC1. The van der Waals surface area contributed by atoms with Crippen molar-refractivity contribution in [1.29, 1.82) is 0 Å². The summed E-state index contributed by atoms with van der Waals surface area (Å²) in [5.41, 5.74) is 3.93. The molecule has 0 bridgehead atoms. The molecule has 0 fully saturated rings. The van der Waals surface area contributed by atoms with E-state index in [9.17, 15) is 0 Å². The van der Waals surface area contributed by atoms with E-state index >= 15 is 0 Å². The van der Waals surface area contributed by atoms with Gasteiger partial charge in [0, 0.05) is 38.0 Å². The summed E-state index contributed by atoms with van der Waals surface area (Å²) in [5, 5.41) is 4.65. The predicted molar refractivity (Wildman–Crippen MR) is 107 cm³/mol. The Balaban J connectivity index is 1.54. The van der Waals surface area contributed by atoms with Gasteiger partial charge in [0.15, 0.2) is 5.96 Å². The van der Waals surface area contributed by atoms with E-state index in [1.807, 2.05) is 7.05 Å². The second kappa shape index (κ2) is 8.30. The number of aryl methyl sites for hydroxylation is 2. The number of nitrogens with one attached hydrogen (secondary N) is 1. The van der Waals surface area contributed by atoms with Crippen molar-refractivity contribution in [2.24, 2.45) is 4.99 Å². The largest absolute Gasteiger partial charge is 0.356 e. The zero-order chi connectivity index (χ0) is 17.6. The van der Waals surface area contributed by atoms with Crippen LogP contribution < -0.4 is 5.32 Å². The minimum absolute atomic E-state index is 0.890. The van der Waals surface area contributed by atoms with Crippen LogP contribution in [0.4, 0.5) is 0 Å². The summed E-state index contributed by atoms with van der Waals surface area (Å²) < 4.78 is 0. The van der Waals surface area contributed by atoms with Crippen LogP contribution in [0.25, 0.3) is 5.57 Å². The van der Waals surface area contributed by atoms with Gasteiger partial charge in [-0.25, -0.2) is 4.98 Å². The van der Waals surface area contributed by atoms with Gasteiger partial charge in [-0.1, -0.05) is 36.4 Å². The molecular formula is C20H26N4S. The highest BCUT2D eigenvalue weighted by Gasteiger charge is 2.16. The third-order valence-electron chi connectivity index (χ3n) is 4.50. The van der Waals surface area contributed by atoms with Gasteiger partial charge in [-0.2, -0.15) is 0 Å². The predicted octanol–water partition coefficient (Wildman–Crippen LogP) is 3.67. The van der Waals surface area contributed by atoms with Gasteiger partial charge in [-0.3, -0.25) is 4.99 Å². The third kappa shape index (κ3) is 4.48. The highest BCUT2D eigenvalue weighted by Crippen LogP contribution is 2.22. The van der Waals surface area contributed by atoms with E-state index < -0.39 is 0 Å². The van der Waals surface area contributed by atoms with Crippen molar-refractivity contribution < 1.29 is 0 Å². The number of rotatable bonds is 4. The Morgan fingerprint density at radius 2 is 2.08 bits per heavy atom. The molecule has 0 amide bonds. The molecule has 1 aliphatic rings. The molecule has 3 rings (SSSR count). The normalized spacial score (nSPS) is 15.2. The molecule has 1 N–H and O–H groups in total. The highest BCUT2D eigenvalue weighted by atomic mass is 32.1. The third-order valence-corrected chi connectivity index (χ3v) is 5.63. The van der Waals surface area contributed by atoms with Crippen LogP contribution in [-0.2, 0) is 6.42 Å². The van der Waals surface area contributed by atoms with E-state index in [1.54, 1.807) is 11.3 Å². The van der Waals surface area contributed by atoms with Gasteiger partial charge in [0.05, 0.1) is 10.7 Å². The molecule has 25 heavy (non-hydrogen) atoms. The van der Waals surface area contributed by atoms with Crippen LogP contribution in [0.1, 0.15) is 27.6 Å². The first-order valence-corrected chi connectivity index (χ1v) is 9.62. The van der Waals surface area contributed by atoms with Crippen molar-refractivity contribution in [2.75, 3.05) is 26.7 Å². The maximum Gasteiger partial charge on any atom is 0.193 e. The van der Waals surface area contributed by atoms with E-state index in [-0.39, 0.29) is 0 Å². The summed E-state index contributed by atoms with van der Waals surface area (Å²) in [7, 11) is 1.86. The number of hydrogen-bond donors (Lipinski definition) is 1. The Labute approximate surface area is 154 Å². The molecule has 2 aromatic rings. The van der Waals surface area contributed by atoms with Gasteiger partial charge in [-0.15, -0.1) is 11.3 Å². The monoisotopic (exact) mass is 354 g/mol. The van der Waals surface area contributed by atoms with Crippen LogP contribution in [0.5, 0.6) is 0 Å². The molecule has 0 atom stereocenters. The van der Waals surface area contributed by atoms with Crippen LogP contribution in [-0.4, -0.2) is 42.5 Å². The van der Waals surface area contributed by atoms with Gasteiger partial charge in [-0.05, 0) is 31.4 Å². The lowest BCUT2D eigenvalue weighted by Gasteiger charge is -2.29. The van der Waals surface area contributed by atoms with Crippen LogP contribution >= 0.6 is 11.3 Å². The summed E-state index contributed by atoms with van der Waals surface area (Å²) in [6, 6.07) is 10.7. The number of thiazole rings is 1. The second-order valence-electron chi connectivity index (χ2n) is 6.26. The Morgan fingerprint density at radius 3 is 2.68 bits per heavy atom. The van der Waals surface area contributed by atoms with Crippen molar-refractivity contribution in [3.8, 4) is 0 Å². The van der Waals surface area contributed by atoms with Crippen LogP contribution in [0, 0.1) is 13.8 Å². The summed E-state index contributed by atoms with van der Waals surface area (Å²) in [6.45, 7) is 6.95. The van der Waals surface area contributed by atoms with Gasteiger partial charge < -0.3 is 10.2 Å². The van der Waals surface area contributed by atoms with E-state index in [4.69, 9.17) is 0 Å². The number of aliphatic imine (C=N–C) groups is 1. The summed E-state index contributed by atoms with van der Waals surface area (Å²) >= 11 is 1.79. The first kappa shape index (κ1) is 17.7. The number of guanidine groups is 1. The molecule has 1 aromatic heterocycles. The fourth-order valence-corrected chi connectivity index (χ4v) is 4.14. The Bertz CT molecular complexity index is 761. The van der Waals surface area contributed by atoms with Crippen molar-refractivity contribution in [3.63, 3.8) is 0 Å². The quantitative estimate of drug-likeness (QED) is 0.673. The van der Waals surface area contributed by atoms with Gasteiger partial charge >= 0.3 is 0 Å². The van der Waals surface area contributed by atoms with Crippen molar-refractivity contribution in [3.05, 3.63) is 57.6 Å². The molecule has 0 radical (unpaired) electrons. The lowest BCUT2D eigenvalue weighted by atomic mass is 10.00.